The van der Waals surface area contributed by atoms with Gasteiger partial charge in [-0.15, -0.1) is 0 Å². The first kappa shape index (κ1) is 14.3. The summed E-state index contributed by atoms with van der Waals surface area (Å²) in [5.41, 5.74) is 0.449. The Kier molecular flexibility index (Phi) is 4.35. The van der Waals surface area contributed by atoms with E-state index >= 15 is 0 Å². The predicted octanol–water partition coefficient (Wildman–Crippen LogP) is 1.79. The van der Waals surface area contributed by atoms with Crippen LogP contribution in [0.25, 0.3) is 0 Å². The molecular weight excluding hydrogens is 222 g/mol. The van der Waals surface area contributed by atoms with Gasteiger partial charge in [-0.05, 0) is 38.8 Å². The molecule has 3 heteroatoms. The van der Waals surface area contributed by atoms with Crippen LogP contribution in [-0.2, 0) is 0 Å². The van der Waals surface area contributed by atoms with Crippen LogP contribution in [0.2, 0.25) is 0 Å². The van der Waals surface area contributed by atoms with Crippen LogP contribution >= 0.6 is 0 Å². The molecule has 1 aliphatic heterocycles. The fraction of sp³-hybridized carbons (Fsp3) is 1.00. The lowest BCUT2D eigenvalue weighted by Crippen LogP contribution is -2.59. The molecule has 0 spiro atoms. The summed E-state index contributed by atoms with van der Waals surface area (Å²) >= 11 is 0. The van der Waals surface area contributed by atoms with Crippen molar-refractivity contribution in [2.45, 2.75) is 58.7 Å². The van der Waals surface area contributed by atoms with Crippen molar-refractivity contribution in [3.63, 3.8) is 0 Å². The van der Waals surface area contributed by atoms with E-state index in [1.165, 1.54) is 39.0 Å². The molecule has 0 radical (unpaired) electrons. The van der Waals surface area contributed by atoms with Crippen LogP contribution in [0, 0.1) is 5.41 Å². The molecule has 106 valence electrons. The van der Waals surface area contributed by atoms with E-state index in [9.17, 15) is 0 Å². The van der Waals surface area contributed by atoms with E-state index in [0.29, 0.717) is 17.5 Å². The zero-order chi connectivity index (χ0) is 13.3. The molecule has 18 heavy (non-hydrogen) atoms. The molecule has 0 amide bonds. The Hall–Kier alpha value is -0.120. The molecule has 0 aromatic rings. The average Bonchev–Trinajstić information content (AvgIpc) is 2.64. The monoisotopic (exact) mass is 253 g/mol. The standard InChI is InChI=1S/C15H31N3/c1-6-17-9-10-18(11-12(17)2)13-7-8-15(3,4)14(13)16-5/h12-14,16H,6-11H2,1-5H3. The molecule has 2 rings (SSSR count). The van der Waals surface area contributed by atoms with Gasteiger partial charge in [0.2, 0.25) is 0 Å². The Morgan fingerprint density at radius 1 is 1.28 bits per heavy atom. The highest BCUT2D eigenvalue weighted by Crippen LogP contribution is 2.40. The fourth-order valence-electron chi connectivity index (χ4n) is 4.13. The smallest absolute Gasteiger partial charge is 0.0271 e. The first-order valence-electron chi connectivity index (χ1n) is 7.65. The number of rotatable bonds is 3. The van der Waals surface area contributed by atoms with Crippen LogP contribution in [0.5, 0.6) is 0 Å². The van der Waals surface area contributed by atoms with E-state index in [1.807, 2.05) is 0 Å². The van der Waals surface area contributed by atoms with Crippen molar-refractivity contribution < 1.29 is 0 Å². The predicted molar refractivity (Wildman–Crippen MR) is 77.9 cm³/mol. The molecule has 1 heterocycles. The summed E-state index contributed by atoms with van der Waals surface area (Å²) in [5.74, 6) is 0. The molecule has 2 fully saturated rings. The summed E-state index contributed by atoms with van der Waals surface area (Å²) in [7, 11) is 2.14. The van der Waals surface area contributed by atoms with Crippen molar-refractivity contribution in [1.29, 1.82) is 0 Å². The summed E-state index contributed by atoms with van der Waals surface area (Å²) in [5, 5.41) is 3.59. The van der Waals surface area contributed by atoms with Crippen LogP contribution in [-0.4, -0.2) is 61.2 Å². The van der Waals surface area contributed by atoms with E-state index in [4.69, 9.17) is 0 Å². The van der Waals surface area contributed by atoms with Crippen molar-refractivity contribution in [3.8, 4) is 0 Å². The quantitative estimate of drug-likeness (QED) is 0.827. The average molecular weight is 253 g/mol. The second kappa shape index (κ2) is 5.48. The maximum atomic E-state index is 3.59. The second-order valence-electron chi connectivity index (χ2n) is 6.83. The molecule has 2 aliphatic rings. The van der Waals surface area contributed by atoms with E-state index in [-0.39, 0.29) is 0 Å². The molecule has 1 saturated carbocycles. The highest BCUT2D eigenvalue weighted by molar-refractivity contribution is 5.01. The van der Waals surface area contributed by atoms with Gasteiger partial charge in [-0.25, -0.2) is 0 Å². The fourth-order valence-corrected chi connectivity index (χ4v) is 4.13. The first-order valence-corrected chi connectivity index (χ1v) is 7.65. The minimum atomic E-state index is 0.449. The highest BCUT2D eigenvalue weighted by Gasteiger charge is 2.44. The molecule has 0 aromatic heterocycles. The van der Waals surface area contributed by atoms with Crippen molar-refractivity contribution in [3.05, 3.63) is 0 Å². The third-order valence-corrected chi connectivity index (χ3v) is 5.29. The van der Waals surface area contributed by atoms with Gasteiger partial charge in [0, 0.05) is 37.8 Å². The van der Waals surface area contributed by atoms with Gasteiger partial charge in [-0.1, -0.05) is 20.8 Å². The number of nitrogens with zero attached hydrogens (tertiary/aromatic N) is 2. The van der Waals surface area contributed by atoms with Gasteiger partial charge in [0.1, 0.15) is 0 Å². The summed E-state index contributed by atoms with van der Waals surface area (Å²) in [6, 6.07) is 2.11. The Bertz CT molecular complexity index is 277. The Balaban J connectivity index is 2.01. The number of likely N-dealkylation sites (N-methyl/N-ethyl adjacent to an activating group) is 2. The van der Waals surface area contributed by atoms with Crippen LogP contribution < -0.4 is 5.32 Å². The van der Waals surface area contributed by atoms with Gasteiger partial charge >= 0.3 is 0 Å². The number of hydrogen-bond donors (Lipinski definition) is 1. The molecule has 0 aromatic carbocycles. The van der Waals surface area contributed by atoms with Crippen LogP contribution in [0.3, 0.4) is 0 Å². The minimum Gasteiger partial charge on any atom is -0.315 e. The van der Waals surface area contributed by atoms with Crippen molar-refractivity contribution in [1.82, 2.24) is 15.1 Å². The van der Waals surface area contributed by atoms with Crippen LogP contribution in [0.1, 0.15) is 40.5 Å². The number of hydrogen-bond acceptors (Lipinski definition) is 3. The molecule has 1 N–H and O–H groups in total. The third-order valence-electron chi connectivity index (χ3n) is 5.29. The highest BCUT2D eigenvalue weighted by atomic mass is 15.3. The van der Waals surface area contributed by atoms with E-state index in [0.717, 1.165) is 6.04 Å². The zero-order valence-electron chi connectivity index (χ0n) is 12.9. The largest absolute Gasteiger partial charge is 0.315 e. The summed E-state index contributed by atoms with van der Waals surface area (Å²) in [6.07, 6.45) is 2.71. The molecule has 3 atom stereocenters. The third kappa shape index (κ3) is 2.59. The molecule has 3 nitrogen and oxygen atoms in total. The van der Waals surface area contributed by atoms with Gasteiger partial charge in [-0.3, -0.25) is 9.80 Å². The minimum absolute atomic E-state index is 0.449. The number of piperazine rings is 1. The lowest BCUT2D eigenvalue weighted by atomic mass is 9.86. The van der Waals surface area contributed by atoms with Gasteiger partial charge in [0.05, 0.1) is 0 Å². The van der Waals surface area contributed by atoms with Crippen molar-refractivity contribution >= 4 is 0 Å². The van der Waals surface area contributed by atoms with Gasteiger partial charge in [0.15, 0.2) is 0 Å². The van der Waals surface area contributed by atoms with Crippen molar-refractivity contribution in [2.75, 3.05) is 33.2 Å². The lowest BCUT2D eigenvalue weighted by molar-refractivity contribution is 0.0463. The van der Waals surface area contributed by atoms with Crippen molar-refractivity contribution in [2.24, 2.45) is 5.41 Å². The van der Waals surface area contributed by atoms with Crippen LogP contribution in [0.4, 0.5) is 0 Å². The number of nitrogens with one attached hydrogen (secondary N) is 1. The molecule has 1 aliphatic carbocycles. The summed E-state index contributed by atoms with van der Waals surface area (Å²) in [4.78, 5) is 5.34. The molecular formula is C15H31N3. The molecule has 3 unspecified atom stereocenters. The second-order valence-corrected chi connectivity index (χ2v) is 6.83. The van der Waals surface area contributed by atoms with Gasteiger partial charge < -0.3 is 5.32 Å². The maximum absolute atomic E-state index is 3.59. The Morgan fingerprint density at radius 2 is 2.00 bits per heavy atom. The normalized spacial score (nSPS) is 38.2. The summed E-state index contributed by atoms with van der Waals surface area (Å²) in [6.45, 7) is 14.4. The topological polar surface area (TPSA) is 18.5 Å². The lowest BCUT2D eigenvalue weighted by Gasteiger charge is -2.44. The Labute approximate surface area is 113 Å². The Morgan fingerprint density at radius 3 is 2.56 bits per heavy atom. The zero-order valence-corrected chi connectivity index (χ0v) is 12.9. The van der Waals surface area contributed by atoms with E-state index in [2.05, 4.69) is 49.9 Å². The maximum Gasteiger partial charge on any atom is 0.0271 e. The first-order chi connectivity index (χ1) is 8.49. The van der Waals surface area contributed by atoms with E-state index in [1.54, 1.807) is 0 Å². The SMILES string of the molecule is CCN1CCN(C2CCC(C)(C)C2NC)CC1C. The van der Waals surface area contributed by atoms with Crippen LogP contribution in [0.15, 0.2) is 0 Å². The summed E-state index contributed by atoms with van der Waals surface area (Å²) < 4.78 is 0. The molecule has 0 bridgehead atoms. The van der Waals surface area contributed by atoms with E-state index < -0.39 is 0 Å². The van der Waals surface area contributed by atoms with Gasteiger partial charge in [0.25, 0.3) is 0 Å². The van der Waals surface area contributed by atoms with Gasteiger partial charge in [-0.2, -0.15) is 0 Å². The molecule has 1 saturated heterocycles.